The molecular formula is C10H18F3NO2. The van der Waals surface area contributed by atoms with E-state index in [1.54, 1.807) is 0 Å². The van der Waals surface area contributed by atoms with E-state index in [-0.39, 0.29) is 19.3 Å². The molecule has 1 aliphatic rings. The van der Waals surface area contributed by atoms with E-state index < -0.39 is 6.36 Å². The molecule has 1 N–H and O–H groups in total. The molecule has 0 radical (unpaired) electrons. The van der Waals surface area contributed by atoms with Gasteiger partial charge in [-0.1, -0.05) is 6.92 Å². The lowest BCUT2D eigenvalue weighted by Gasteiger charge is -2.17. The molecule has 0 aromatic carbocycles. The molecule has 0 amide bonds. The van der Waals surface area contributed by atoms with Crippen LogP contribution in [0.5, 0.6) is 0 Å². The molecule has 0 aromatic heterocycles. The number of nitrogens with one attached hydrogen (secondary N) is 1. The number of hydrogen-bond donors (Lipinski definition) is 1. The molecule has 1 saturated heterocycles. The topological polar surface area (TPSA) is 30.5 Å². The van der Waals surface area contributed by atoms with Crippen molar-refractivity contribution >= 4 is 0 Å². The molecule has 1 fully saturated rings. The van der Waals surface area contributed by atoms with Gasteiger partial charge in [0.2, 0.25) is 0 Å². The van der Waals surface area contributed by atoms with Gasteiger partial charge >= 0.3 is 6.36 Å². The zero-order valence-corrected chi connectivity index (χ0v) is 9.35. The van der Waals surface area contributed by atoms with Gasteiger partial charge < -0.3 is 10.1 Å². The highest BCUT2D eigenvalue weighted by atomic mass is 19.4. The Morgan fingerprint density at radius 2 is 2.19 bits per heavy atom. The fraction of sp³-hybridized carbons (Fsp3) is 1.00. The molecule has 2 atom stereocenters. The second kappa shape index (κ2) is 6.42. The summed E-state index contributed by atoms with van der Waals surface area (Å²) < 4.78 is 44.0. The van der Waals surface area contributed by atoms with Crippen LogP contribution in [0, 0.1) is 5.92 Å². The zero-order valence-electron chi connectivity index (χ0n) is 9.35. The van der Waals surface area contributed by atoms with Crippen LogP contribution < -0.4 is 5.32 Å². The van der Waals surface area contributed by atoms with Gasteiger partial charge in [0, 0.05) is 19.7 Å². The van der Waals surface area contributed by atoms with Crippen molar-refractivity contribution in [3.8, 4) is 0 Å². The molecule has 0 aliphatic carbocycles. The first-order chi connectivity index (χ1) is 7.53. The minimum absolute atomic E-state index is 0.215. The summed E-state index contributed by atoms with van der Waals surface area (Å²) in [6, 6.07) is 0. The van der Waals surface area contributed by atoms with Crippen LogP contribution in [0.4, 0.5) is 13.2 Å². The van der Waals surface area contributed by atoms with E-state index in [0.717, 1.165) is 19.4 Å². The van der Waals surface area contributed by atoms with Crippen molar-refractivity contribution < 1.29 is 22.6 Å². The summed E-state index contributed by atoms with van der Waals surface area (Å²) >= 11 is 0. The minimum atomic E-state index is -4.52. The third-order valence-corrected chi connectivity index (χ3v) is 2.70. The lowest BCUT2D eigenvalue weighted by atomic mass is 10.00. The first-order valence-corrected chi connectivity index (χ1v) is 5.56. The van der Waals surface area contributed by atoms with Crippen molar-refractivity contribution in [1.82, 2.24) is 5.32 Å². The number of hydrogen-bond acceptors (Lipinski definition) is 3. The summed E-state index contributed by atoms with van der Waals surface area (Å²) in [6.45, 7) is 3.37. The maximum atomic E-state index is 11.6. The first kappa shape index (κ1) is 13.7. The van der Waals surface area contributed by atoms with E-state index in [1.807, 2.05) is 0 Å². The number of halogens is 3. The average Bonchev–Trinajstić information content (AvgIpc) is 2.63. The number of alkyl halides is 3. The van der Waals surface area contributed by atoms with Crippen LogP contribution in [-0.4, -0.2) is 38.8 Å². The summed E-state index contributed by atoms with van der Waals surface area (Å²) in [5.74, 6) is 0.413. The molecular weight excluding hydrogens is 223 g/mol. The smallest absolute Gasteiger partial charge is 0.378 e. The molecule has 96 valence electrons. The minimum Gasteiger partial charge on any atom is -0.378 e. The Bertz CT molecular complexity index is 199. The highest BCUT2D eigenvalue weighted by Crippen LogP contribution is 2.22. The van der Waals surface area contributed by atoms with Gasteiger partial charge in [-0.05, 0) is 18.8 Å². The van der Waals surface area contributed by atoms with Crippen LogP contribution in [-0.2, 0) is 9.47 Å². The van der Waals surface area contributed by atoms with Crippen LogP contribution in [0.15, 0.2) is 0 Å². The van der Waals surface area contributed by atoms with Gasteiger partial charge in [0.05, 0.1) is 12.7 Å². The van der Waals surface area contributed by atoms with Crippen LogP contribution in [0.1, 0.15) is 19.8 Å². The van der Waals surface area contributed by atoms with E-state index >= 15 is 0 Å². The van der Waals surface area contributed by atoms with E-state index in [9.17, 15) is 13.2 Å². The van der Waals surface area contributed by atoms with Crippen molar-refractivity contribution in [3.63, 3.8) is 0 Å². The summed E-state index contributed by atoms with van der Waals surface area (Å²) in [7, 11) is 0. The first-order valence-electron chi connectivity index (χ1n) is 5.56. The molecule has 6 heteroatoms. The van der Waals surface area contributed by atoms with Crippen LogP contribution in [0.25, 0.3) is 0 Å². The van der Waals surface area contributed by atoms with Crippen molar-refractivity contribution in [2.45, 2.75) is 32.2 Å². The predicted molar refractivity (Wildman–Crippen MR) is 53.0 cm³/mol. The average molecular weight is 241 g/mol. The fourth-order valence-electron chi connectivity index (χ4n) is 1.90. The second-order valence-corrected chi connectivity index (χ2v) is 3.86. The third kappa shape index (κ3) is 5.14. The van der Waals surface area contributed by atoms with E-state index in [0.29, 0.717) is 12.5 Å². The Hall–Kier alpha value is -0.330. The summed E-state index contributed by atoms with van der Waals surface area (Å²) in [5.41, 5.74) is 0. The van der Waals surface area contributed by atoms with Gasteiger partial charge in [-0.25, -0.2) is 0 Å². The molecule has 0 spiro atoms. The second-order valence-electron chi connectivity index (χ2n) is 3.86. The SMILES string of the molecule is CCC1OCCC1CNCCOC(F)(F)F. The van der Waals surface area contributed by atoms with Crippen LogP contribution >= 0.6 is 0 Å². The monoisotopic (exact) mass is 241 g/mol. The normalized spacial score (nSPS) is 26.2. The largest absolute Gasteiger partial charge is 0.522 e. The molecule has 1 heterocycles. The van der Waals surface area contributed by atoms with E-state index in [1.165, 1.54) is 0 Å². The maximum Gasteiger partial charge on any atom is 0.522 e. The lowest BCUT2D eigenvalue weighted by Crippen LogP contribution is -2.31. The Balaban J connectivity index is 2.03. The predicted octanol–water partition coefficient (Wildman–Crippen LogP) is 1.93. The summed E-state index contributed by atoms with van der Waals surface area (Å²) in [5, 5.41) is 2.96. The third-order valence-electron chi connectivity index (χ3n) is 2.70. The Morgan fingerprint density at radius 1 is 1.44 bits per heavy atom. The van der Waals surface area contributed by atoms with Gasteiger partial charge in [-0.15, -0.1) is 13.2 Å². The molecule has 2 unspecified atom stereocenters. The van der Waals surface area contributed by atoms with Crippen molar-refractivity contribution in [1.29, 1.82) is 0 Å². The Morgan fingerprint density at radius 3 is 2.81 bits per heavy atom. The molecule has 3 nitrogen and oxygen atoms in total. The van der Waals surface area contributed by atoms with Gasteiger partial charge in [0.25, 0.3) is 0 Å². The Labute approximate surface area is 93.3 Å². The lowest BCUT2D eigenvalue weighted by molar-refractivity contribution is -0.323. The maximum absolute atomic E-state index is 11.6. The van der Waals surface area contributed by atoms with E-state index in [2.05, 4.69) is 17.0 Å². The molecule has 0 bridgehead atoms. The highest BCUT2D eigenvalue weighted by molar-refractivity contribution is 4.76. The molecule has 1 aliphatic heterocycles. The van der Waals surface area contributed by atoms with Crippen molar-refractivity contribution in [3.05, 3.63) is 0 Å². The van der Waals surface area contributed by atoms with Gasteiger partial charge in [0.15, 0.2) is 0 Å². The molecule has 16 heavy (non-hydrogen) atoms. The fourth-order valence-corrected chi connectivity index (χ4v) is 1.90. The van der Waals surface area contributed by atoms with Gasteiger partial charge in [-0.3, -0.25) is 4.74 Å². The number of ether oxygens (including phenoxy) is 2. The van der Waals surface area contributed by atoms with Gasteiger partial charge in [0.1, 0.15) is 0 Å². The van der Waals surface area contributed by atoms with Gasteiger partial charge in [-0.2, -0.15) is 0 Å². The zero-order chi connectivity index (χ0) is 12.0. The standard InChI is InChI=1S/C10H18F3NO2/c1-2-9-8(3-5-15-9)7-14-4-6-16-10(11,12)13/h8-9,14H,2-7H2,1H3. The molecule has 1 rings (SSSR count). The molecule has 0 aromatic rings. The summed E-state index contributed by atoms with van der Waals surface area (Å²) in [4.78, 5) is 0. The Kier molecular flexibility index (Phi) is 5.51. The van der Waals surface area contributed by atoms with Crippen molar-refractivity contribution in [2.24, 2.45) is 5.92 Å². The van der Waals surface area contributed by atoms with E-state index in [4.69, 9.17) is 4.74 Å². The van der Waals surface area contributed by atoms with Crippen LogP contribution in [0.2, 0.25) is 0 Å². The number of rotatable bonds is 6. The summed E-state index contributed by atoms with van der Waals surface area (Å²) in [6.07, 6.45) is -2.35. The molecule has 0 saturated carbocycles. The van der Waals surface area contributed by atoms with Crippen LogP contribution in [0.3, 0.4) is 0 Å². The van der Waals surface area contributed by atoms with Crippen molar-refractivity contribution in [2.75, 3.05) is 26.3 Å². The quantitative estimate of drug-likeness (QED) is 0.721. The highest BCUT2D eigenvalue weighted by Gasteiger charge is 2.29.